The minimum Gasteiger partial charge on any atom is -0.478 e. The number of aliphatic hydroxyl groups is 1. The number of aliphatic hydroxyl groups excluding tert-OH is 1. The molecule has 10 heteroatoms. The molecule has 0 radical (unpaired) electrons. The molecule has 3 rings (SSSR count). The SMILES string of the molecule is O=C(O)/C=C\C(=O)OC1CCOC1.O=C1C=CC(=O)O1.OC1CCOC1. The van der Waals surface area contributed by atoms with E-state index in [4.69, 9.17) is 24.4 Å². The van der Waals surface area contributed by atoms with Crippen molar-refractivity contribution in [2.24, 2.45) is 0 Å². The van der Waals surface area contributed by atoms with Crippen LogP contribution in [0.15, 0.2) is 24.3 Å². The molecule has 144 valence electrons. The van der Waals surface area contributed by atoms with Crippen LogP contribution >= 0.6 is 0 Å². The van der Waals surface area contributed by atoms with E-state index in [2.05, 4.69) is 4.74 Å². The van der Waals surface area contributed by atoms with E-state index < -0.39 is 23.9 Å². The molecule has 2 N–H and O–H groups in total. The first-order valence-electron chi connectivity index (χ1n) is 7.76. The van der Waals surface area contributed by atoms with E-state index in [1.165, 1.54) is 0 Å². The largest absolute Gasteiger partial charge is 0.478 e. The van der Waals surface area contributed by atoms with E-state index in [0.717, 1.165) is 37.3 Å². The monoisotopic (exact) mass is 372 g/mol. The summed E-state index contributed by atoms with van der Waals surface area (Å²) in [6, 6.07) is 0. The fraction of sp³-hybridized carbons (Fsp3) is 0.500. The van der Waals surface area contributed by atoms with Crippen LogP contribution in [-0.2, 0) is 38.1 Å². The zero-order chi connectivity index (χ0) is 19.4. The number of carboxylic acid groups (broad SMARTS) is 1. The van der Waals surface area contributed by atoms with Crippen molar-refractivity contribution in [2.45, 2.75) is 25.0 Å². The Bertz CT molecular complexity index is 537. The summed E-state index contributed by atoms with van der Waals surface area (Å²) in [4.78, 5) is 40.7. The Morgan fingerprint density at radius 3 is 2.00 bits per heavy atom. The van der Waals surface area contributed by atoms with E-state index in [0.29, 0.717) is 26.2 Å². The maximum absolute atomic E-state index is 10.9. The van der Waals surface area contributed by atoms with Crippen LogP contribution in [-0.4, -0.2) is 72.7 Å². The first-order valence-corrected chi connectivity index (χ1v) is 7.76. The summed E-state index contributed by atoms with van der Waals surface area (Å²) in [5, 5.41) is 16.8. The number of carbonyl (C=O) groups excluding carboxylic acids is 3. The smallest absolute Gasteiger partial charge is 0.338 e. The van der Waals surface area contributed by atoms with Crippen molar-refractivity contribution >= 4 is 23.9 Å². The molecule has 0 aromatic heterocycles. The second-order valence-electron chi connectivity index (χ2n) is 5.18. The summed E-state index contributed by atoms with van der Waals surface area (Å²) in [6.07, 6.45) is 4.90. The van der Waals surface area contributed by atoms with E-state index in [1.807, 2.05) is 0 Å². The van der Waals surface area contributed by atoms with Crippen molar-refractivity contribution in [3.8, 4) is 0 Å². The fourth-order valence-corrected chi connectivity index (χ4v) is 1.77. The van der Waals surface area contributed by atoms with Gasteiger partial charge in [-0.15, -0.1) is 0 Å². The maximum atomic E-state index is 10.9. The van der Waals surface area contributed by atoms with Crippen molar-refractivity contribution < 1.29 is 48.3 Å². The summed E-state index contributed by atoms with van der Waals surface area (Å²) >= 11 is 0. The van der Waals surface area contributed by atoms with E-state index in [1.54, 1.807) is 0 Å². The van der Waals surface area contributed by atoms with Crippen LogP contribution in [0.5, 0.6) is 0 Å². The summed E-state index contributed by atoms with van der Waals surface area (Å²) in [7, 11) is 0. The van der Waals surface area contributed by atoms with Crippen LogP contribution in [0, 0.1) is 0 Å². The highest BCUT2D eigenvalue weighted by molar-refractivity contribution is 6.04. The predicted octanol–water partition coefficient (Wildman–Crippen LogP) is -0.647. The molecule has 0 aromatic carbocycles. The zero-order valence-electron chi connectivity index (χ0n) is 13.9. The second kappa shape index (κ2) is 11.9. The number of carboxylic acids is 1. The number of esters is 3. The molecule has 2 atom stereocenters. The lowest BCUT2D eigenvalue weighted by Gasteiger charge is -2.06. The van der Waals surface area contributed by atoms with Crippen LogP contribution in [0.25, 0.3) is 0 Å². The topological polar surface area (TPSA) is 146 Å². The van der Waals surface area contributed by atoms with Gasteiger partial charge in [-0.25, -0.2) is 19.2 Å². The van der Waals surface area contributed by atoms with Gasteiger partial charge in [0.1, 0.15) is 6.10 Å². The summed E-state index contributed by atoms with van der Waals surface area (Å²) in [5.74, 6) is -2.97. The third-order valence-corrected chi connectivity index (χ3v) is 3.00. The van der Waals surface area contributed by atoms with Gasteiger partial charge in [-0.3, -0.25) is 0 Å². The highest BCUT2D eigenvalue weighted by atomic mass is 16.6. The van der Waals surface area contributed by atoms with Crippen LogP contribution in [0.4, 0.5) is 0 Å². The highest BCUT2D eigenvalue weighted by Gasteiger charge is 2.18. The first-order chi connectivity index (χ1) is 12.4. The van der Waals surface area contributed by atoms with Gasteiger partial charge < -0.3 is 29.2 Å². The van der Waals surface area contributed by atoms with Gasteiger partial charge in [0.15, 0.2) is 0 Å². The molecule has 3 aliphatic heterocycles. The molecule has 2 saturated heterocycles. The standard InChI is InChI=1S/C8H10O5.C4H2O3.C4H8O2/c9-7(10)1-2-8(11)13-6-3-4-12-5-6;5-3-1-2-4(6)7-3;5-4-1-2-6-3-4/h1-2,6H,3-5H2,(H,9,10);1-2H;4-5H,1-3H2/b2-1-;;. The minimum atomic E-state index is -1.17. The third kappa shape index (κ3) is 10.3. The lowest BCUT2D eigenvalue weighted by atomic mass is 10.3. The Morgan fingerprint density at radius 1 is 1.04 bits per heavy atom. The molecule has 0 bridgehead atoms. The Kier molecular flexibility index (Phi) is 9.83. The van der Waals surface area contributed by atoms with Gasteiger partial charge in [-0.2, -0.15) is 0 Å². The molecule has 0 amide bonds. The normalized spacial score (nSPS) is 23.7. The van der Waals surface area contributed by atoms with Gasteiger partial charge in [0, 0.05) is 37.3 Å². The number of rotatable bonds is 3. The lowest BCUT2D eigenvalue weighted by Crippen LogP contribution is -2.16. The second-order valence-corrected chi connectivity index (χ2v) is 5.18. The Morgan fingerprint density at radius 2 is 1.65 bits per heavy atom. The minimum absolute atomic E-state index is 0.176. The number of ether oxygens (including phenoxy) is 4. The Hall–Kier alpha value is -2.56. The highest BCUT2D eigenvalue weighted by Crippen LogP contribution is 2.08. The van der Waals surface area contributed by atoms with Crippen LogP contribution < -0.4 is 0 Å². The van der Waals surface area contributed by atoms with Crippen LogP contribution in [0.2, 0.25) is 0 Å². The molecular formula is C16H20O10. The molecule has 3 heterocycles. The van der Waals surface area contributed by atoms with Crippen molar-refractivity contribution in [1.82, 2.24) is 0 Å². The first kappa shape index (κ1) is 21.5. The summed E-state index contributed by atoms with van der Waals surface area (Å²) in [6.45, 7) is 2.26. The number of carbonyl (C=O) groups is 4. The number of hydrogen-bond acceptors (Lipinski definition) is 9. The van der Waals surface area contributed by atoms with E-state index >= 15 is 0 Å². The lowest BCUT2D eigenvalue weighted by molar-refractivity contribution is -0.150. The zero-order valence-corrected chi connectivity index (χ0v) is 13.9. The van der Waals surface area contributed by atoms with E-state index in [-0.39, 0.29) is 12.2 Å². The Balaban J connectivity index is 0.000000217. The molecule has 3 aliphatic rings. The molecule has 2 fully saturated rings. The van der Waals surface area contributed by atoms with Crippen molar-refractivity contribution in [3.63, 3.8) is 0 Å². The molecule has 10 nitrogen and oxygen atoms in total. The summed E-state index contributed by atoms with van der Waals surface area (Å²) in [5.41, 5.74) is 0. The average molecular weight is 372 g/mol. The van der Waals surface area contributed by atoms with Gasteiger partial charge in [0.2, 0.25) is 0 Å². The number of aliphatic carboxylic acids is 1. The molecular weight excluding hydrogens is 352 g/mol. The summed E-state index contributed by atoms with van der Waals surface area (Å²) < 4.78 is 18.6. The van der Waals surface area contributed by atoms with Crippen molar-refractivity contribution in [2.75, 3.05) is 26.4 Å². The molecule has 26 heavy (non-hydrogen) atoms. The average Bonchev–Trinajstić information content (AvgIpc) is 3.32. The maximum Gasteiger partial charge on any atom is 0.338 e. The number of hydrogen-bond donors (Lipinski definition) is 2. The predicted molar refractivity (Wildman–Crippen MR) is 83.8 cm³/mol. The fourth-order valence-electron chi connectivity index (χ4n) is 1.77. The van der Waals surface area contributed by atoms with Gasteiger partial charge in [-0.05, 0) is 6.42 Å². The van der Waals surface area contributed by atoms with Gasteiger partial charge in [0.05, 0.1) is 25.9 Å². The van der Waals surface area contributed by atoms with Crippen LogP contribution in [0.3, 0.4) is 0 Å². The van der Waals surface area contributed by atoms with Crippen molar-refractivity contribution in [3.05, 3.63) is 24.3 Å². The molecule has 0 spiro atoms. The Labute approximate surface area is 149 Å². The number of cyclic esters (lactones) is 2. The quantitative estimate of drug-likeness (QED) is 0.372. The molecule has 0 saturated carbocycles. The third-order valence-electron chi connectivity index (χ3n) is 3.00. The molecule has 2 unspecified atom stereocenters. The van der Waals surface area contributed by atoms with Gasteiger partial charge in [-0.1, -0.05) is 0 Å². The molecule has 0 aliphatic carbocycles. The van der Waals surface area contributed by atoms with Gasteiger partial charge >= 0.3 is 23.9 Å². The molecule has 0 aromatic rings. The van der Waals surface area contributed by atoms with E-state index in [9.17, 15) is 19.2 Å². The van der Waals surface area contributed by atoms with Crippen LogP contribution in [0.1, 0.15) is 12.8 Å². The van der Waals surface area contributed by atoms with Gasteiger partial charge in [0.25, 0.3) is 0 Å². The van der Waals surface area contributed by atoms with Crippen molar-refractivity contribution in [1.29, 1.82) is 0 Å².